The van der Waals surface area contributed by atoms with Gasteiger partial charge < -0.3 is 4.74 Å². The topological polar surface area (TPSA) is 67.2 Å². The Bertz CT molecular complexity index is 733. The van der Waals surface area contributed by atoms with Gasteiger partial charge in [0.2, 0.25) is 0 Å². The van der Waals surface area contributed by atoms with Crippen molar-refractivity contribution in [2.24, 2.45) is 17.3 Å². The zero-order chi connectivity index (χ0) is 18.8. The van der Waals surface area contributed by atoms with Crippen LogP contribution >= 0.6 is 11.8 Å². The molecule has 0 bridgehead atoms. The van der Waals surface area contributed by atoms with E-state index in [0.717, 1.165) is 11.3 Å². The number of carbonyl (C=O) groups excluding carboxylic acids is 2. The number of terminal acetylenes is 1. The summed E-state index contributed by atoms with van der Waals surface area (Å²) in [6.07, 6.45) is 7.12. The lowest BCUT2D eigenvalue weighted by atomic mass is 10.1. The molecule has 132 valence electrons. The van der Waals surface area contributed by atoms with Crippen molar-refractivity contribution in [3.05, 3.63) is 22.1 Å². The van der Waals surface area contributed by atoms with Crippen molar-refractivity contribution >= 4 is 23.5 Å². The van der Waals surface area contributed by atoms with Gasteiger partial charge in [-0.1, -0.05) is 26.8 Å². The van der Waals surface area contributed by atoms with Crippen molar-refractivity contribution in [2.75, 3.05) is 5.75 Å². The van der Waals surface area contributed by atoms with E-state index in [0.29, 0.717) is 10.5 Å². The van der Waals surface area contributed by atoms with Crippen LogP contribution in [0.1, 0.15) is 40.5 Å². The van der Waals surface area contributed by atoms with Gasteiger partial charge in [-0.25, -0.2) is 0 Å². The molecule has 0 N–H and O–H groups in total. The van der Waals surface area contributed by atoms with Gasteiger partial charge in [0.1, 0.15) is 12.2 Å². The molecule has 0 radical (unpaired) electrons. The minimum absolute atomic E-state index is 0.0136. The summed E-state index contributed by atoms with van der Waals surface area (Å²) in [5.41, 5.74) is 1.12. The molecule has 25 heavy (non-hydrogen) atoms. The third-order valence-electron chi connectivity index (χ3n) is 5.11. The molecule has 0 aromatic rings. The highest BCUT2D eigenvalue weighted by molar-refractivity contribution is 8.03. The molecule has 0 heterocycles. The molecule has 1 saturated carbocycles. The second-order valence-electron chi connectivity index (χ2n) is 7.00. The monoisotopic (exact) mass is 357 g/mol. The Morgan fingerprint density at radius 2 is 2.20 bits per heavy atom. The van der Waals surface area contributed by atoms with Crippen molar-refractivity contribution in [3.63, 3.8) is 0 Å². The lowest BCUT2D eigenvalue weighted by Crippen LogP contribution is -2.20. The van der Waals surface area contributed by atoms with Crippen molar-refractivity contribution in [3.8, 4) is 18.4 Å². The average molecular weight is 357 g/mol. The van der Waals surface area contributed by atoms with Gasteiger partial charge in [0.05, 0.1) is 17.2 Å². The second kappa shape index (κ2) is 7.50. The molecule has 2 aliphatic carbocycles. The third-order valence-corrected chi connectivity index (χ3v) is 5.94. The summed E-state index contributed by atoms with van der Waals surface area (Å²) in [6, 6.07) is 2.18. The second-order valence-corrected chi connectivity index (χ2v) is 8.30. The minimum atomic E-state index is -0.509. The molecule has 0 unspecified atom stereocenters. The molecule has 4 nitrogen and oxygen atoms in total. The molecule has 0 amide bonds. The number of hydrogen-bond acceptors (Lipinski definition) is 5. The number of nitriles is 1. The summed E-state index contributed by atoms with van der Waals surface area (Å²) < 4.78 is 5.63. The Morgan fingerprint density at radius 3 is 2.76 bits per heavy atom. The molecule has 0 spiro atoms. The Morgan fingerprint density at radius 1 is 1.52 bits per heavy atom. The smallest absolute Gasteiger partial charge is 0.310 e. The molecule has 1 fully saturated rings. The van der Waals surface area contributed by atoms with E-state index in [4.69, 9.17) is 11.2 Å². The van der Waals surface area contributed by atoms with Crippen LogP contribution in [0.25, 0.3) is 0 Å². The molecule has 0 saturated heterocycles. The number of nitrogens with zero attached hydrogens (tertiary/aromatic N) is 1. The van der Waals surface area contributed by atoms with E-state index in [-0.39, 0.29) is 41.8 Å². The van der Waals surface area contributed by atoms with Gasteiger partial charge in [-0.05, 0) is 29.6 Å². The molecule has 0 aromatic carbocycles. The van der Waals surface area contributed by atoms with Crippen molar-refractivity contribution < 1.29 is 14.3 Å². The molecular weight excluding hydrogens is 334 g/mol. The third kappa shape index (κ3) is 3.83. The Kier molecular flexibility index (Phi) is 5.80. The summed E-state index contributed by atoms with van der Waals surface area (Å²) in [4.78, 5) is 25.3. The highest BCUT2D eigenvalue weighted by Crippen LogP contribution is 2.60. The van der Waals surface area contributed by atoms with E-state index < -0.39 is 6.10 Å². The summed E-state index contributed by atoms with van der Waals surface area (Å²) in [5.74, 6) is 2.66. The fourth-order valence-electron chi connectivity index (χ4n) is 3.42. The van der Waals surface area contributed by atoms with Gasteiger partial charge in [0.15, 0.2) is 5.78 Å². The van der Waals surface area contributed by atoms with E-state index in [1.807, 2.05) is 26.8 Å². The Labute approximate surface area is 153 Å². The van der Waals surface area contributed by atoms with Crippen LogP contribution in [0.2, 0.25) is 0 Å². The lowest BCUT2D eigenvalue weighted by Gasteiger charge is -2.13. The van der Waals surface area contributed by atoms with Gasteiger partial charge in [0, 0.05) is 12.0 Å². The molecular formula is C20H23NO3S. The molecule has 3 atom stereocenters. The van der Waals surface area contributed by atoms with Crippen LogP contribution in [0.3, 0.4) is 0 Å². The van der Waals surface area contributed by atoms with E-state index in [9.17, 15) is 14.9 Å². The first kappa shape index (κ1) is 19.3. The van der Waals surface area contributed by atoms with E-state index >= 15 is 0 Å². The fraction of sp³-hybridized carbons (Fsp3) is 0.550. The summed E-state index contributed by atoms with van der Waals surface area (Å²) in [5, 5.41) is 9.19. The van der Waals surface area contributed by atoms with Gasteiger partial charge >= 0.3 is 5.97 Å². The van der Waals surface area contributed by atoms with Crippen LogP contribution in [0.5, 0.6) is 0 Å². The zero-order valence-corrected chi connectivity index (χ0v) is 15.9. The average Bonchev–Trinajstić information content (AvgIpc) is 3.00. The molecule has 5 heteroatoms. The van der Waals surface area contributed by atoms with Crippen LogP contribution in [0, 0.1) is 40.9 Å². The van der Waals surface area contributed by atoms with Gasteiger partial charge in [-0.3, -0.25) is 9.59 Å². The standard InChI is InChI=1S/C20H23NO3S/c1-6-8-14-12(3)17(10-16(14)22)24-19(23)18-15(20(18,4)5)9-13(11-21)25-7-2/h1,9,15,17-18H,7-8,10H2,2-5H3/b13-9+/t15-,17+,18+/m1/s1. The van der Waals surface area contributed by atoms with Crippen molar-refractivity contribution in [1.29, 1.82) is 5.26 Å². The first-order valence-corrected chi connectivity index (χ1v) is 9.37. The van der Waals surface area contributed by atoms with Gasteiger partial charge in [0.25, 0.3) is 0 Å². The minimum Gasteiger partial charge on any atom is -0.457 e. The van der Waals surface area contributed by atoms with E-state index in [1.165, 1.54) is 11.8 Å². The number of Topliss-reactive ketones (excluding diaryl/α,β-unsaturated/α-hetero) is 1. The van der Waals surface area contributed by atoms with Crippen LogP contribution in [0.4, 0.5) is 0 Å². The molecule has 0 aliphatic heterocycles. The van der Waals surface area contributed by atoms with Crippen molar-refractivity contribution in [2.45, 2.75) is 46.6 Å². The Hall–Kier alpha value is -1.98. The van der Waals surface area contributed by atoms with Gasteiger partial charge in [-0.15, -0.1) is 24.1 Å². The maximum absolute atomic E-state index is 12.6. The number of rotatable bonds is 6. The number of allylic oxidation sites excluding steroid dienone is 3. The summed E-state index contributed by atoms with van der Waals surface area (Å²) >= 11 is 1.48. The van der Waals surface area contributed by atoms with E-state index in [1.54, 1.807) is 6.92 Å². The number of ketones is 1. The van der Waals surface area contributed by atoms with Crippen LogP contribution < -0.4 is 0 Å². The maximum atomic E-state index is 12.6. The van der Waals surface area contributed by atoms with Crippen molar-refractivity contribution in [1.82, 2.24) is 0 Å². The first-order chi connectivity index (χ1) is 11.8. The number of hydrogen-bond donors (Lipinski definition) is 0. The summed E-state index contributed by atoms with van der Waals surface area (Å²) in [6.45, 7) is 7.78. The zero-order valence-electron chi connectivity index (χ0n) is 15.1. The quantitative estimate of drug-likeness (QED) is 0.412. The largest absolute Gasteiger partial charge is 0.457 e. The van der Waals surface area contributed by atoms with Crippen LogP contribution in [0.15, 0.2) is 22.1 Å². The number of esters is 1. The number of carbonyl (C=O) groups is 2. The normalized spacial score (nSPS) is 27.7. The SMILES string of the molecule is C#CCC1=C(C)[C@@H](OC(=O)[C@@H]2[C@@H](/C=C(\C#N)SCC)C2(C)C)CC1=O. The predicted molar refractivity (Wildman–Crippen MR) is 98.2 cm³/mol. The molecule has 0 aromatic heterocycles. The molecule has 2 aliphatic rings. The predicted octanol–water partition coefficient (Wildman–Crippen LogP) is 3.64. The fourth-order valence-corrected chi connectivity index (χ4v) is 4.04. The summed E-state index contributed by atoms with van der Waals surface area (Å²) in [7, 11) is 0. The first-order valence-electron chi connectivity index (χ1n) is 8.39. The Balaban J connectivity index is 2.09. The highest BCUT2D eigenvalue weighted by Gasteiger charge is 2.62. The van der Waals surface area contributed by atoms with E-state index in [2.05, 4.69) is 12.0 Å². The number of ether oxygens (including phenoxy) is 1. The number of thioether (sulfide) groups is 1. The maximum Gasteiger partial charge on any atom is 0.310 e. The van der Waals surface area contributed by atoms with Crippen LogP contribution in [-0.4, -0.2) is 23.6 Å². The van der Waals surface area contributed by atoms with Crippen LogP contribution in [-0.2, 0) is 14.3 Å². The van der Waals surface area contributed by atoms with Gasteiger partial charge in [-0.2, -0.15) is 5.26 Å². The molecule has 2 rings (SSSR count). The highest BCUT2D eigenvalue weighted by atomic mass is 32.2. The lowest BCUT2D eigenvalue weighted by molar-refractivity contribution is -0.150.